The molecular weight excluding hydrogens is 290 g/mol. The highest BCUT2D eigenvalue weighted by atomic mass is 16.5. The molecule has 0 unspecified atom stereocenters. The SMILES string of the molecule is Cc1ccc(OCc2cccc(C(=O)N(C)CCC#N)c2)cn1. The number of pyridine rings is 1. The summed E-state index contributed by atoms with van der Waals surface area (Å²) in [5.41, 5.74) is 2.43. The molecule has 0 radical (unpaired) electrons. The number of aryl methyl sites for hydroxylation is 1. The van der Waals surface area contributed by atoms with Crippen molar-refractivity contribution in [2.45, 2.75) is 20.0 Å². The predicted molar refractivity (Wildman–Crippen MR) is 86.9 cm³/mol. The monoisotopic (exact) mass is 309 g/mol. The van der Waals surface area contributed by atoms with E-state index in [1.165, 1.54) is 0 Å². The van der Waals surface area contributed by atoms with E-state index >= 15 is 0 Å². The summed E-state index contributed by atoms with van der Waals surface area (Å²) in [6.07, 6.45) is 2.01. The van der Waals surface area contributed by atoms with Gasteiger partial charge in [0, 0.05) is 24.8 Å². The number of hydrogen-bond donors (Lipinski definition) is 0. The van der Waals surface area contributed by atoms with Crippen LogP contribution < -0.4 is 4.74 Å². The molecule has 1 aromatic carbocycles. The van der Waals surface area contributed by atoms with Crippen molar-refractivity contribution in [2.75, 3.05) is 13.6 Å². The van der Waals surface area contributed by atoms with Crippen molar-refractivity contribution in [3.05, 3.63) is 59.4 Å². The first-order chi connectivity index (χ1) is 11.1. The Morgan fingerprint density at radius 1 is 1.35 bits per heavy atom. The summed E-state index contributed by atoms with van der Waals surface area (Å²) in [6.45, 7) is 2.71. The summed E-state index contributed by atoms with van der Waals surface area (Å²) in [7, 11) is 1.70. The third-order valence-electron chi connectivity index (χ3n) is 3.37. The lowest BCUT2D eigenvalue weighted by Gasteiger charge is -2.16. The van der Waals surface area contributed by atoms with Crippen molar-refractivity contribution in [1.29, 1.82) is 5.26 Å². The molecule has 1 aromatic heterocycles. The second-order valence-electron chi connectivity index (χ2n) is 5.26. The fourth-order valence-corrected chi connectivity index (χ4v) is 2.04. The summed E-state index contributed by atoms with van der Waals surface area (Å²) in [6, 6.07) is 13.1. The number of rotatable bonds is 6. The van der Waals surface area contributed by atoms with Gasteiger partial charge in [0.05, 0.1) is 18.7 Å². The van der Waals surface area contributed by atoms with Crippen LogP contribution in [-0.2, 0) is 6.61 Å². The molecule has 0 atom stereocenters. The number of benzene rings is 1. The van der Waals surface area contributed by atoms with Crippen molar-refractivity contribution in [1.82, 2.24) is 9.88 Å². The first-order valence-electron chi connectivity index (χ1n) is 7.37. The first-order valence-corrected chi connectivity index (χ1v) is 7.37. The highest BCUT2D eigenvalue weighted by molar-refractivity contribution is 5.94. The van der Waals surface area contributed by atoms with Gasteiger partial charge < -0.3 is 9.64 Å². The molecule has 0 fully saturated rings. The molecule has 0 bridgehead atoms. The quantitative estimate of drug-likeness (QED) is 0.823. The van der Waals surface area contributed by atoms with Crippen molar-refractivity contribution in [2.24, 2.45) is 0 Å². The Kier molecular flexibility index (Phi) is 5.70. The average molecular weight is 309 g/mol. The van der Waals surface area contributed by atoms with Crippen LogP contribution >= 0.6 is 0 Å². The van der Waals surface area contributed by atoms with E-state index in [-0.39, 0.29) is 5.91 Å². The van der Waals surface area contributed by atoms with Crippen LogP contribution in [0.1, 0.15) is 28.0 Å². The number of hydrogen-bond acceptors (Lipinski definition) is 4. The molecule has 0 spiro atoms. The Morgan fingerprint density at radius 2 is 2.17 bits per heavy atom. The molecule has 1 amide bonds. The highest BCUT2D eigenvalue weighted by Crippen LogP contribution is 2.13. The van der Waals surface area contributed by atoms with E-state index in [1.807, 2.05) is 43.3 Å². The fraction of sp³-hybridized carbons (Fsp3) is 0.278. The summed E-state index contributed by atoms with van der Waals surface area (Å²) >= 11 is 0. The van der Waals surface area contributed by atoms with E-state index < -0.39 is 0 Å². The topological polar surface area (TPSA) is 66.2 Å². The normalized spacial score (nSPS) is 9.96. The lowest BCUT2D eigenvalue weighted by atomic mass is 10.1. The van der Waals surface area contributed by atoms with Crippen molar-refractivity contribution in [3.8, 4) is 11.8 Å². The van der Waals surface area contributed by atoms with Gasteiger partial charge in [-0.25, -0.2) is 0 Å². The molecular formula is C18H19N3O2. The van der Waals surface area contributed by atoms with Crippen LogP contribution in [0, 0.1) is 18.3 Å². The molecule has 118 valence electrons. The number of aromatic nitrogens is 1. The van der Waals surface area contributed by atoms with Gasteiger partial charge in [0.15, 0.2) is 0 Å². The van der Waals surface area contributed by atoms with Gasteiger partial charge in [0.2, 0.25) is 0 Å². The van der Waals surface area contributed by atoms with E-state index in [9.17, 15) is 4.79 Å². The van der Waals surface area contributed by atoms with Crippen LogP contribution in [-0.4, -0.2) is 29.4 Å². The zero-order chi connectivity index (χ0) is 16.7. The van der Waals surface area contributed by atoms with Crippen LogP contribution in [0.2, 0.25) is 0 Å². The second kappa shape index (κ2) is 7.95. The van der Waals surface area contributed by atoms with E-state index in [1.54, 1.807) is 24.2 Å². The number of carbonyl (C=O) groups is 1. The standard InChI is InChI=1S/C18H19N3O2/c1-14-7-8-17(12-20-14)23-13-15-5-3-6-16(11-15)18(22)21(2)10-4-9-19/h3,5-8,11-12H,4,10,13H2,1-2H3. The molecule has 5 heteroatoms. The van der Waals surface area contributed by atoms with E-state index in [2.05, 4.69) is 4.98 Å². The Labute approximate surface area is 136 Å². The largest absolute Gasteiger partial charge is 0.487 e. The van der Waals surface area contributed by atoms with Gasteiger partial charge in [-0.2, -0.15) is 5.26 Å². The first kappa shape index (κ1) is 16.5. The highest BCUT2D eigenvalue weighted by Gasteiger charge is 2.11. The van der Waals surface area contributed by atoms with Gasteiger partial charge >= 0.3 is 0 Å². The minimum atomic E-state index is -0.0981. The fourth-order valence-electron chi connectivity index (χ4n) is 2.04. The third-order valence-corrected chi connectivity index (χ3v) is 3.37. The van der Waals surface area contributed by atoms with Gasteiger partial charge in [0.1, 0.15) is 12.4 Å². The maximum absolute atomic E-state index is 12.3. The molecule has 2 aromatic rings. The van der Waals surface area contributed by atoms with E-state index in [0.29, 0.717) is 30.9 Å². The summed E-state index contributed by atoms with van der Waals surface area (Å²) in [4.78, 5) is 18.0. The molecule has 2 rings (SSSR count). The van der Waals surface area contributed by atoms with Crippen molar-refractivity contribution in [3.63, 3.8) is 0 Å². The lowest BCUT2D eigenvalue weighted by Crippen LogP contribution is -2.27. The Bertz CT molecular complexity index is 705. The van der Waals surface area contributed by atoms with Crippen LogP contribution in [0.25, 0.3) is 0 Å². The van der Waals surface area contributed by atoms with Gasteiger partial charge in [-0.1, -0.05) is 12.1 Å². The van der Waals surface area contributed by atoms with Crippen molar-refractivity contribution >= 4 is 5.91 Å². The van der Waals surface area contributed by atoms with Crippen molar-refractivity contribution < 1.29 is 9.53 Å². The van der Waals surface area contributed by atoms with Gasteiger partial charge in [0.25, 0.3) is 5.91 Å². The third kappa shape index (κ3) is 4.82. The van der Waals surface area contributed by atoms with Gasteiger partial charge in [-0.05, 0) is 36.8 Å². The zero-order valence-electron chi connectivity index (χ0n) is 13.3. The minimum absolute atomic E-state index is 0.0981. The molecule has 0 saturated heterocycles. The van der Waals surface area contributed by atoms with Gasteiger partial charge in [-0.3, -0.25) is 9.78 Å². The van der Waals surface area contributed by atoms with E-state index in [0.717, 1.165) is 11.3 Å². The van der Waals surface area contributed by atoms with Gasteiger partial charge in [-0.15, -0.1) is 0 Å². The molecule has 0 saturated carbocycles. The summed E-state index contributed by atoms with van der Waals surface area (Å²) in [5.74, 6) is 0.595. The molecule has 5 nitrogen and oxygen atoms in total. The number of ether oxygens (including phenoxy) is 1. The van der Waals surface area contributed by atoms with E-state index in [4.69, 9.17) is 10.00 Å². The molecule has 0 N–H and O–H groups in total. The maximum atomic E-state index is 12.3. The number of nitriles is 1. The van der Waals surface area contributed by atoms with Crippen LogP contribution in [0.5, 0.6) is 5.75 Å². The lowest BCUT2D eigenvalue weighted by molar-refractivity contribution is 0.0798. The minimum Gasteiger partial charge on any atom is -0.487 e. The van der Waals surface area contributed by atoms with Crippen LogP contribution in [0.3, 0.4) is 0 Å². The smallest absolute Gasteiger partial charge is 0.253 e. The molecule has 0 aliphatic carbocycles. The molecule has 23 heavy (non-hydrogen) atoms. The Morgan fingerprint density at radius 3 is 2.87 bits per heavy atom. The molecule has 1 heterocycles. The Balaban J connectivity index is 2.00. The van der Waals surface area contributed by atoms with Crippen LogP contribution in [0.15, 0.2) is 42.6 Å². The summed E-state index contributed by atoms with van der Waals surface area (Å²) < 4.78 is 5.68. The number of nitrogens with zero attached hydrogens (tertiary/aromatic N) is 3. The number of carbonyl (C=O) groups excluding carboxylic acids is 1. The predicted octanol–water partition coefficient (Wildman–Crippen LogP) is 2.95. The number of amides is 1. The van der Waals surface area contributed by atoms with Crippen LogP contribution in [0.4, 0.5) is 0 Å². The maximum Gasteiger partial charge on any atom is 0.253 e. The average Bonchev–Trinajstić information content (AvgIpc) is 2.58. The zero-order valence-corrected chi connectivity index (χ0v) is 13.3. The Hall–Kier alpha value is -2.87. The molecule has 0 aliphatic rings. The summed E-state index contributed by atoms with van der Waals surface area (Å²) in [5, 5.41) is 8.60. The second-order valence-corrected chi connectivity index (χ2v) is 5.26. The molecule has 0 aliphatic heterocycles.